The van der Waals surface area contributed by atoms with Gasteiger partial charge in [-0.2, -0.15) is 0 Å². The minimum Gasteiger partial charge on any atom is -0.381 e. The molecular weight excluding hydrogens is 244 g/mol. The summed E-state index contributed by atoms with van der Waals surface area (Å²) in [6, 6.07) is 5.04. The van der Waals surface area contributed by atoms with Gasteiger partial charge in [-0.3, -0.25) is 10.1 Å². The molecule has 6 nitrogen and oxygen atoms in total. The van der Waals surface area contributed by atoms with Crippen molar-refractivity contribution in [1.82, 2.24) is 9.55 Å². The van der Waals surface area contributed by atoms with Gasteiger partial charge in [0.15, 0.2) is 0 Å². The number of rotatable bonds is 5. The average Bonchev–Trinajstić information content (AvgIpc) is 2.84. The summed E-state index contributed by atoms with van der Waals surface area (Å²) in [5, 5.41) is 14.0. The van der Waals surface area contributed by atoms with E-state index in [1.165, 1.54) is 6.07 Å². The second kappa shape index (κ2) is 5.51. The van der Waals surface area contributed by atoms with Crippen molar-refractivity contribution in [3.63, 3.8) is 0 Å². The quantitative estimate of drug-likeness (QED) is 0.662. The lowest BCUT2D eigenvalue weighted by atomic mass is 10.1. The Kier molecular flexibility index (Phi) is 3.79. The number of benzene rings is 1. The zero-order chi connectivity index (χ0) is 13.8. The van der Waals surface area contributed by atoms with E-state index in [1.807, 2.05) is 17.7 Å². The van der Waals surface area contributed by atoms with Gasteiger partial charge in [-0.05, 0) is 25.5 Å². The molecule has 0 saturated carbocycles. The van der Waals surface area contributed by atoms with Crippen molar-refractivity contribution in [3.05, 3.63) is 52.6 Å². The number of non-ortho nitro benzene ring substituents is 1. The Hall–Kier alpha value is -2.37. The van der Waals surface area contributed by atoms with E-state index >= 15 is 0 Å². The number of imidazole rings is 1. The van der Waals surface area contributed by atoms with Crippen LogP contribution in [0, 0.1) is 17.0 Å². The number of nitrogens with zero attached hydrogens (tertiary/aromatic N) is 3. The van der Waals surface area contributed by atoms with Crippen LogP contribution in [-0.2, 0) is 6.54 Å². The maximum absolute atomic E-state index is 10.7. The summed E-state index contributed by atoms with van der Waals surface area (Å²) < 4.78 is 1.98. The van der Waals surface area contributed by atoms with Gasteiger partial charge in [-0.25, -0.2) is 4.98 Å². The molecule has 2 rings (SSSR count). The molecule has 100 valence electrons. The van der Waals surface area contributed by atoms with E-state index in [1.54, 1.807) is 24.7 Å². The molecule has 1 aromatic carbocycles. The highest BCUT2D eigenvalue weighted by molar-refractivity contribution is 5.55. The maximum Gasteiger partial charge on any atom is 0.269 e. The van der Waals surface area contributed by atoms with Gasteiger partial charge in [0.25, 0.3) is 5.69 Å². The topological polar surface area (TPSA) is 73.0 Å². The van der Waals surface area contributed by atoms with Crippen LogP contribution in [0.25, 0.3) is 0 Å². The number of hydrogen-bond acceptors (Lipinski definition) is 4. The zero-order valence-electron chi connectivity index (χ0n) is 10.9. The number of anilines is 1. The number of aryl methyl sites for hydroxylation is 1. The molecule has 0 bridgehead atoms. The predicted molar refractivity (Wildman–Crippen MR) is 73.1 cm³/mol. The molecule has 1 atom stereocenters. The van der Waals surface area contributed by atoms with Crippen LogP contribution in [0.2, 0.25) is 0 Å². The van der Waals surface area contributed by atoms with Gasteiger partial charge >= 0.3 is 0 Å². The molecule has 6 heteroatoms. The molecule has 1 unspecified atom stereocenters. The number of aromatic nitrogens is 2. The van der Waals surface area contributed by atoms with Gasteiger partial charge in [0.1, 0.15) is 0 Å². The van der Waals surface area contributed by atoms with Crippen molar-refractivity contribution in [2.24, 2.45) is 0 Å². The molecule has 0 saturated heterocycles. The Labute approximate surface area is 111 Å². The van der Waals surface area contributed by atoms with Crippen LogP contribution in [-0.4, -0.2) is 20.5 Å². The first-order valence-corrected chi connectivity index (χ1v) is 6.03. The van der Waals surface area contributed by atoms with Crippen LogP contribution in [0.5, 0.6) is 0 Å². The SMILES string of the molecule is Cc1cc([N+](=O)[O-])ccc1NC(C)Cn1ccnc1. The third-order valence-electron chi connectivity index (χ3n) is 2.87. The summed E-state index contributed by atoms with van der Waals surface area (Å²) in [6.07, 6.45) is 5.41. The fraction of sp³-hybridized carbons (Fsp3) is 0.308. The van der Waals surface area contributed by atoms with E-state index in [4.69, 9.17) is 0 Å². The molecule has 2 aromatic rings. The fourth-order valence-corrected chi connectivity index (χ4v) is 1.95. The molecule has 1 aromatic heterocycles. The molecule has 1 N–H and O–H groups in total. The van der Waals surface area contributed by atoms with E-state index < -0.39 is 0 Å². The highest BCUT2D eigenvalue weighted by atomic mass is 16.6. The highest BCUT2D eigenvalue weighted by Crippen LogP contribution is 2.21. The van der Waals surface area contributed by atoms with Crippen LogP contribution >= 0.6 is 0 Å². The van der Waals surface area contributed by atoms with E-state index in [9.17, 15) is 10.1 Å². The maximum atomic E-state index is 10.7. The van der Waals surface area contributed by atoms with Gasteiger partial charge in [0.2, 0.25) is 0 Å². The molecule has 19 heavy (non-hydrogen) atoms. The van der Waals surface area contributed by atoms with Crippen molar-refractivity contribution in [3.8, 4) is 0 Å². The molecular formula is C13H16N4O2. The Bertz CT molecular complexity index is 566. The Balaban J connectivity index is 2.04. The standard InChI is InChI=1S/C13H16N4O2/c1-10-7-12(17(18)19)3-4-13(10)15-11(2)8-16-6-5-14-9-16/h3-7,9,11,15H,8H2,1-2H3. The monoisotopic (exact) mass is 260 g/mol. The van der Waals surface area contributed by atoms with Gasteiger partial charge in [-0.15, -0.1) is 0 Å². The van der Waals surface area contributed by atoms with Crippen molar-refractivity contribution in [1.29, 1.82) is 0 Å². The van der Waals surface area contributed by atoms with Crippen molar-refractivity contribution >= 4 is 11.4 Å². The smallest absolute Gasteiger partial charge is 0.269 e. The van der Waals surface area contributed by atoms with Crippen molar-refractivity contribution in [2.45, 2.75) is 26.4 Å². The summed E-state index contributed by atoms with van der Waals surface area (Å²) in [7, 11) is 0. The number of nitrogens with one attached hydrogen (secondary N) is 1. The molecule has 0 aliphatic heterocycles. The summed E-state index contributed by atoms with van der Waals surface area (Å²) in [5.74, 6) is 0. The highest BCUT2D eigenvalue weighted by Gasteiger charge is 2.10. The first-order chi connectivity index (χ1) is 9.06. The fourth-order valence-electron chi connectivity index (χ4n) is 1.95. The summed E-state index contributed by atoms with van der Waals surface area (Å²) >= 11 is 0. The number of nitro benzene ring substituents is 1. The number of nitro groups is 1. The second-order valence-corrected chi connectivity index (χ2v) is 4.56. The van der Waals surface area contributed by atoms with Crippen LogP contribution in [0.15, 0.2) is 36.9 Å². The Morgan fingerprint density at radius 1 is 1.53 bits per heavy atom. The summed E-state index contributed by atoms with van der Waals surface area (Å²) in [4.78, 5) is 14.3. The van der Waals surface area contributed by atoms with Crippen LogP contribution in [0.4, 0.5) is 11.4 Å². The van der Waals surface area contributed by atoms with E-state index in [2.05, 4.69) is 17.2 Å². The van der Waals surface area contributed by atoms with Crippen molar-refractivity contribution < 1.29 is 4.92 Å². The van der Waals surface area contributed by atoms with Gasteiger partial charge in [-0.1, -0.05) is 0 Å². The third-order valence-corrected chi connectivity index (χ3v) is 2.87. The van der Waals surface area contributed by atoms with E-state index in [-0.39, 0.29) is 16.7 Å². The largest absolute Gasteiger partial charge is 0.381 e. The minimum atomic E-state index is -0.383. The minimum absolute atomic E-state index is 0.116. The molecule has 0 amide bonds. The van der Waals surface area contributed by atoms with Gasteiger partial charge in [0.05, 0.1) is 11.3 Å². The van der Waals surface area contributed by atoms with Crippen LogP contribution < -0.4 is 5.32 Å². The van der Waals surface area contributed by atoms with Crippen molar-refractivity contribution in [2.75, 3.05) is 5.32 Å². The lowest BCUT2D eigenvalue weighted by Gasteiger charge is -2.17. The number of hydrogen-bond donors (Lipinski definition) is 1. The van der Waals surface area contributed by atoms with Crippen LogP contribution in [0.1, 0.15) is 12.5 Å². The second-order valence-electron chi connectivity index (χ2n) is 4.56. The molecule has 0 fully saturated rings. The molecule has 0 aliphatic carbocycles. The first-order valence-electron chi connectivity index (χ1n) is 6.03. The average molecular weight is 260 g/mol. The van der Waals surface area contributed by atoms with Gasteiger partial charge < -0.3 is 9.88 Å². The lowest BCUT2D eigenvalue weighted by molar-refractivity contribution is -0.384. The van der Waals surface area contributed by atoms with E-state index in [0.717, 1.165) is 17.8 Å². The normalized spacial score (nSPS) is 12.1. The Morgan fingerprint density at radius 2 is 2.32 bits per heavy atom. The predicted octanol–water partition coefficient (Wildman–Crippen LogP) is 2.60. The summed E-state index contributed by atoms with van der Waals surface area (Å²) in [5.41, 5.74) is 1.90. The summed E-state index contributed by atoms with van der Waals surface area (Å²) in [6.45, 7) is 4.70. The first kappa shape index (κ1) is 13.1. The molecule has 0 aliphatic rings. The molecule has 1 heterocycles. The molecule has 0 radical (unpaired) electrons. The van der Waals surface area contributed by atoms with Gasteiger partial charge in [0, 0.05) is 42.8 Å². The molecule has 0 spiro atoms. The lowest BCUT2D eigenvalue weighted by Crippen LogP contribution is -2.21. The Morgan fingerprint density at radius 3 is 2.89 bits per heavy atom. The van der Waals surface area contributed by atoms with Crippen LogP contribution in [0.3, 0.4) is 0 Å². The third kappa shape index (κ3) is 3.31. The van der Waals surface area contributed by atoms with E-state index in [0.29, 0.717) is 0 Å². The zero-order valence-corrected chi connectivity index (χ0v) is 10.9.